The Labute approximate surface area is 151 Å². The van der Waals surface area contributed by atoms with Crippen molar-refractivity contribution in [2.24, 2.45) is 5.92 Å². The van der Waals surface area contributed by atoms with Crippen LogP contribution in [0.15, 0.2) is 24.3 Å². The molecule has 1 aromatic carbocycles. The van der Waals surface area contributed by atoms with Crippen molar-refractivity contribution in [1.82, 2.24) is 9.80 Å². The third-order valence-corrected chi connectivity index (χ3v) is 4.62. The predicted octanol–water partition coefficient (Wildman–Crippen LogP) is 2.35. The maximum atomic E-state index is 12.0. The van der Waals surface area contributed by atoms with Gasteiger partial charge >= 0.3 is 0 Å². The number of carbonyl (C=O) groups excluding carboxylic acids is 1. The van der Waals surface area contributed by atoms with Crippen LogP contribution in [0.1, 0.15) is 39.2 Å². The Morgan fingerprint density at radius 3 is 2.36 bits per heavy atom. The average Bonchev–Trinajstić information content (AvgIpc) is 2.60. The molecule has 1 aromatic rings. The largest absolute Gasteiger partial charge is 0.491 e. The summed E-state index contributed by atoms with van der Waals surface area (Å²) in [5.41, 5.74) is 1.16. The lowest BCUT2D eigenvalue weighted by Gasteiger charge is -2.36. The number of benzene rings is 1. The number of ether oxygens (including phenoxy) is 1. The topological polar surface area (TPSA) is 53.0 Å². The fraction of sp³-hybridized carbons (Fsp3) is 0.650. The molecule has 140 valence electrons. The second-order valence-electron chi connectivity index (χ2n) is 7.44. The van der Waals surface area contributed by atoms with Crippen molar-refractivity contribution in [1.29, 1.82) is 0 Å². The summed E-state index contributed by atoms with van der Waals surface area (Å²) in [6.45, 7) is 12.1. The fourth-order valence-corrected chi connectivity index (χ4v) is 3.14. The first-order chi connectivity index (χ1) is 11.9. The van der Waals surface area contributed by atoms with Gasteiger partial charge in [-0.25, -0.2) is 0 Å². The standard InChI is InChI=1S/C20H32N2O3/c1-15(2)18-7-5-6-8-19(18)25-14-17(23)13-21-9-11-22(12-10-21)20(24)16(3)4/h5-8,15-17,23H,9-14H2,1-4H3/t17-/m1/s1. The Morgan fingerprint density at radius 2 is 1.76 bits per heavy atom. The van der Waals surface area contributed by atoms with Gasteiger partial charge in [0.25, 0.3) is 0 Å². The maximum absolute atomic E-state index is 12.0. The van der Waals surface area contributed by atoms with E-state index in [0.717, 1.165) is 37.5 Å². The molecule has 2 rings (SSSR count). The first-order valence-electron chi connectivity index (χ1n) is 9.29. The van der Waals surface area contributed by atoms with E-state index in [1.54, 1.807) is 0 Å². The van der Waals surface area contributed by atoms with Crippen molar-refractivity contribution in [2.75, 3.05) is 39.3 Å². The van der Waals surface area contributed by atoms with Crippen molar-refractivity contribution < 1.29 is 14.6 Å². The van der Waals surface area contributed by atoms with E-state index >= 15 is 0 Å². The second-order valence-corrected chi connectivity index (χ2v) is 7.44. The summed E-state index contributed by atoms with van der Waals surface area (Å²) >= 11 is 0. The van der Waals surface area contributed by atoms with Crippen LogP contribution < -0.4 is 4.74 Å². The van der Waals surface area contributed by atoms with Crippen molar-refractivity contribution in [3.63, 3.8) is 0 Å². The quantitative estimate of drug-likeness (QED) is 0.822. The van der Waals surface area contributed by atoms with E-state index in [-0.39, 0.29) is 18.4 Å². The molecule has 1 fully saturated rings. The number of piperazine rings is 1. The summed E-state index contributed by atoms with van der Waals surface area (Å²) in [5, 5.41) is 10.3. The first-order valence-corrected chi connectivity index (χ1v) is 9.29. The summed E-state index contributed by atoms with van der Waals surface area (Å²) in [6.07, 6.45) is -0.535. The van der Waals surface area contributed by atoms with Gasteiger partial charge < -0.3 is 14.7 Å². The van der Waals surface area contributed by atoms with E-state index in [2.05, 4.69) is 24.8 Å². The molecular formula is C20H32N2O3. The van der Waals surface area contributed by atoms with Gasteiger partial charge in [-0.3, -0.25) is 9.69 Å². The van der Waals surface area contributed by atoms with Crippen LogP contribution in [0.2, 0.25) is 0 Å². The molecule has 1 atom stereocenters. The van der Waals surface area contributed by atoms with Gasteiger partial charge in [0.05, 0.1) is 0 Å². The Bertz CT molecular complexity index is 552. The lowest BCUT2D eigenvalue weighted by molar-refractivity contribution is -0.136. The summed E-state index contributed by atoms with van der Waals surface area (Å²) in [4.78, 5) is 16.1. The van der Waals surface area contributed by atoms with Gasteiger partial charge in [0.15, 0.2) is 0 Å². The first kappa shape index (κ1) is 19.7. The lowest BCUT2D eigenvalue weighted by Crippen LogP contribution is -2.51. The summed E-state index contributed by atoms with van der Waals surface area (Å²) in [7, 11) is 0. The zero-order valence-corrected chi connectivity index (χ0v) is 15.9. The molecule has 1 aliphatic heterocycles. The minimum absolute atomic E-state index is 0.0477. The molecule has 1 saturated heterocycles. The minimum Gasteiger partial charge on any atom is -0.491 e. The number of para-hydroxylation sites is 1. The molecule has 0 aromatic heterocycles. The summed E-state index contributed by atoms with van der Waals surface area (Å²) < 4.78 is 5.85. The van der Waals surface area contributed by atoms with Crippen LogP contribution in [-0.4, -0.2) is 66.2 Å². The number of hydrogen-bond donors (Lipinski definition) is 1. The Morgan fingerprint density at radius 1 is 1.12 bits per heavy atom. The van der Waals surface area contributed by atoms with E-state index in [0.29, 0.717) is 12.5 Å². The number of hydrogen-bond acceptors (Lipinski definition) is 4. The van der Waals surface area contributed by atoms with Gasteiger partial charge in [-0.1, -0.05) is 45.9 Å². The number of aliphatic hydroxyl groups excluding tert-OH is 1. The lowest BCUT2D eigenvalue weighted by atomic mass is 10.0. The number of amides is 1. The van der Waals surface area contributed by atoms with E-state index in [9.17, 15) is 9.90 Å². The third kappa shape index (κ3) is 5.72. The van der Waals surface area contributed by atoms with Crippen LogP contribution in [0, 0.1) is 5.92 Å². The summed E-state index contributed by atoms with van der Waals surface area (Å²) in [5.74, 6) is 1.50. The van der Waals surface area contributed by atoms with Gasteiger partial charge in [-0.05, 0) is 17.5 Å². The molecule has 0 saturated carbocycles. The molecule has 0 unspecified atom stereocenters. The van der Waals surface area contributed by atoms with Crippen molar-refractivity contribution >= 4 is 5.91 Å². The normalized spacial score (nSPS) is 17.2. The number of carbonyl (C=O) groups is 1. The second kappa shape index (κ2) is 9.20. The molecule has 1 heterocycles. The number of β-amino-alcohol motifs (C(OH)–C–C–N with tert-alkyl or cyclic N) is 1. The predicted molar refractivity (Wildman–Crippen MR) is 99.9 cm³/mol. The van der Waals surface area contributed by atoms with Crippen LogP contribution in [-0.2, 0) is 4.79 Å². The monoisotopic (exact) mass is 348 g/mol. The van der Waals surface area contributed by atoms with Crippen LogP contribution in [0.25, 0.3) is 0 Å². The van der Waals surface area contributed by atoms with Crippen molar-refractivity contribution in [3.8, 4) is 5.75 Å². The summed E-state index contributed by atoms with van der Waals surface area (Å²) in [6, 6.07) is 7.99. The van der Waals surface area contributed by atoms with Gasteiger partial charge in [0.1, 0.15) is 18.5 Å². The van der Waals surface area contributed by atoms with Crippen molar-refractivity contribution in [3.05, 3.63) is 29.8 Å². The Balaban J connectivity index is 1.77. The molecule has 5 heteroatoms. The van der Waals surface area contributed by atoms with Crippen LogP contribution in [0.5, 0.6) is 5.75 Å². The maximum Gasteiger partial charge on any atom is 0.225 e. The SMILES string of the molecule is CC(C)C(=O)N1CCN(C[C@@H](O)COc2ccccc2C(C)C)CC1. The van der Waals surface area contributed by atoms with Crippen LogP contribution in [0.3, 0.4) is 0 Å². The highest BCUT2D eigenvalue weighted by molar-refractivity contribution is 5.78. The van der Waals surface area contributed by atoms with Crippen LogP contribution in [0.4, 0.5) is 0 Å². The number of nitrogens with zero attached hydrogens (tertiary/aromatic N) is 2. The molecule has 0 aliphatic carbocycles. The minimum atomic E-state index is -0.535. The van der Waals surface area contributed by atoms with Crippen molar-refractivity contribution in [2.45, 2.75) is 39.7 Å². The van der Waals surface area contributed by atoms with Gasteiger partial charge in [0, 0.05) is 38.6 Å². The number of rotatable bonds is 7. The molecule has 0 radical (unpaired) electrons. The Kier molecular flexibility index (Phi) is 7.26. The van der Waals surface area contributed by atoms with E-state index in [1.165, 1.54) is 0 Å². The smallest absolute Gasteiger partial charge is 0.225 e. The third-order valence-electron chi connectivity index (χ3n) is 4.62. The molecule has 25 heavy (non-hydrogen) atoms. The average molecular weight is 348 g/mol. The molecule has 0 bridgehead atoms. The molecule has 0 spiro atoms. The molecule has 1 amide bonds. The van der Waals surface area contributed by atoms with Gasteiger partial charge in [-0.15, -0.1) is 0 Å². The molecule has 1 N–H and O–H groups in total. The van der Waals surface area contributed by atoms with E-state index in [4.69, 9.17) is 4.74 Å². The fourth-order valence-electron chi connectivity index (χ4n) is 3.14. The van der Waals surface area contributed by atoms with Crippen LogP contribution >= 0.6 is 0 Å². The van der Waals surface area contributed by atoms with E-state index in [1.807, 2.05) is 36.9 Å². The molecule has 1 aliphatic rings. The highest BCUT2D eigenvalue weighted by Crippen LogP contribution is 2.25. The zero-order valence-electron chi connectivity index (χ0n) is 15.9. The highest BCUT2D eigenvalue weighted by atomic mass is 16.5. The van der Waals surface area contributed by atoms with E-state index < -0.39 is 6.10 Å². The molecule has 5 nitrogen and oxygen atoms in total. The zero-order chi connectivity index (χ0) is 18.4. The molecular weight excluding hydrogens is 316 g/mol. The number of aliphatic hydroxyl groups is 1. The van der Waals surface area contributed by atoms with Gasteiger partial charge in [0.2, 0.25) is 5.91 Å². The highest BCUT2D eigenvalue weighted by Gasteiger charge is 2.24. The Hall–Kier alpha value is -1.59. The van der Waals surface area contributed by atoms with Gasteiger partial charge in [-0.2, -0.15) is 0 Å².